The van der Waals surface area contributed by atoms with Gasteiger partial charge < -0.3 is 15.4 Å². The van der Waals surface area contributed by atoms with E-state index >= 15 is 0 Å². The zero-order valence-electron chi connectivity index (χ0n) is 13.1. The van der Waals surface area contributed by atoms with Crippen LogP contribution in [0.15, 0.2) is 42.5 Å². The number of rotatable bonds is 3. The number of hydrogen-bond acceptors (Lipinski definition) is 3. The topological polar surface area (TPSA) is 38.5 Å². The number of halogens is 2. The van der Waals surface area contributed by atoms with E-state index < -0.39 is 5.92 Å². The van der Waals surface area contributed by atoms with Crippen molar-refractivity contribution in [2.45, 2.75) is 18.8 Å². The minimum atomic E-state index is -2.57. The summed E-state index contributed by atoms with van der Waals surface area (Å²) in [5.41, 5.74) is 9.42. The van der Waals surface area contributed by atoms with Crippen LogP contribution in [0.25, 0.3) is 11.1 Å². The highest BCUT2D eigenvalue weighted by Gasteiger charge is 2.34. The number of nitrogens with zero attached hydrogens (tertiary/aromatic N) is 1. The van der Waals surface area contributed by atoms with Crippen molar-refractivity contribution in [3.8, 4) is 16.9 Å². The molecule has 0 bridgehead atoms. The molecule has 0 saturated carbocycles. The van der Waals surface area contributed by atoms with Gasteiger partial charge in [-0.25, -0.2) is 8.78 Å². The van der Waals surface area contributed by atoms with Crippen LogP contribution >= 0.6 is 0 Å². The fraction of sp³-hybridized carbons (Fsp3) is 0.333. The molecule has 0 atom stereocenters. The van der Waals surface area contributed by atoms with Gasteiger partial charge in [0.15, 0.2) is 0 Å². The van der Waals surface area contributed by atoms with Crippen molar-refractivity contribution in [3.05, 3.63) is 42.5 Å². The molecule has 2 N–H and O–H groups in total. The predicted molar refractivity (Wildman–Crippen MR) is 89.2 cm³/mol. The maximum absolute atomic E-state index is 13.5. The van der Waals surface area contributed by atoms with E-state index in [1.54, 1.807) is 7.11 Å². The summed E-state index contributed by atoms with van der Waals surface area (Å²) >= 11 is 0. The molecule has 122 valence electrons. The summed E-state index contributed by atoms with van der Waals surface area (Å²) in [6.45, 7) is 0.639. The van der Waals surface area contributed by atoms with E-state index in [4.69, 9.17) is 10.5 Å². The van der Waals surface area contributed by atoms with Crippen molar-refractivity contribution in [2.24, 2.45) is 0 Å². The lowest BCUT2D eigenvalue weighted by molar-refractivity contribution is -0.0220. The number of methoxy groups -OCH3 is 1. The molecule has 23 heavy (non-hydrogen) atoms. The minimum Gasteiger partial charge on any atom is -0.495 e. The van der Waals surface area contributed by atoms with E-state index in [0.29, 0.717) is 24.5 Å². The van der Waals surface area contributed by atoms with E-state index in [-0.39, 0.29) is 12.8 Å². The Morgan fingerprint density at radius 3 is 2.35 bits per heavy atom. The quantitative estimate of drug-likeness (QED) is 0.863. The van der Waals surface area contributed by atoms with Gasteiger partial charge in [-0.05, 0) is 11.6 Å². The normalized spacial score (nSPS) is 17.1. The Morgan fingerprint density at radius 1 is 1.09 bits per heavy atom. The summed E-state index contributed by atoms with van der Waals surface area (Å²) in [5.74, 6) is -2.00. The van der Waals surface area contributed by atoms with E-state index in [2.05, 4.69) is 0 Å². The highest BCUT2D eigenvalue weighted by atomic mass is 19.3. The zero-order chi connectivity index (χ0) is 16.4. The second-order valence-corrected chi connectivity index (χ2v) is 5.82. The summed E-state index contributed by atoms with van der Waals surface area (Å²) in [6, 6.07) is 13.5. The van der Waals surface area contributed by atoms with Gasteiger partial charge >= 0.3 is 0 Å². The van der Waals surface area contributed by atoms with Gasteiger partial charge in [0.05, 0.1) is 12.8 Å². The third-order valence-corrected chi connectivity index (χ3v) is 4.27. The van der Waals surface area contributed by atoms with Crippen molar-refractivity contribution < 1.29 is 13.5 Å². The standard InChI is InChI=1S/C18H20F2N2O/c1-23-17-12-16(22-9-7-18(19,20)8-10-22)14(11-15(17)21)13-5-3-2-4-6-13/h2-6,11-12H,7-10,21H2,1H3. The lowest BCUT2D eigenvalue weighted by atomic mass is 9.99. The average Bonchev–Trinajstić information content (AvgIpc) is 2.56. The highest BCUT2D eigenvalue weighted by molar-refractivity contribution is 5.84. The Kier molecular flexibility index (Phi) is 4.11. The van der Waals surface area contributed by atoms with Crippen molar-refractivity contribution in [1.29, 1.82) is 0 Å². The first-order chi connectivity index (χ1) is 11.0. The maximum Gasteiger partial charge on any atom is 0.251 e. The summed E-state index contributed by atoms with van der Waals surface area (Å²) in [4.78, 5) is 1.99. The summed E-state index contributed by atoms with van der Waals surface area (Å²) in [7, 11) is 1.56. The average molecular weight is 318 g/mol. The Balaban J connectivity index is 2.04. The van der Waals surface area contributed by atoms with Crippen LogP contribution in [0.5, 0.6) is 5.75 Å². The van der Waals surface area contributed by atoms with Crippen molar-refractivity contribution in [2.75, 3.05) is 30.8 Å². The van der Waals surface area contributed by atoms with Gasteiger partial charge in [-0.1, -0.05) is 30.3 Å². The molecule has 0 radical (unpaired) electrons. The number of nitrogens with two attached hydrogens (primary N) is 1. The first kappa shape index (κ1) is 15.6. The van der Waals surface area contributed by atoms with Crippen LogP contribution in [0.3, 0.4) is 0 Å². The summed E-state index contributed by atoms with van der Waals surface area (Å²) < 4.78 is 32.2. The first-order valence-corrected chi connectivity index (χ1v) is 7.66. The maximum atomic E-state index is 13.5. The van der Waals surface area contributed by atoms with Crippen molar-refractivity contribution >= 4 is 11.4 Å². The molecule has 0 spiro atoms. The molecule has 2 aromatic rings. The van der Waals surface area contributed by atoms with Crippen LogP contribution in [-0.2, 0) is 0 Å². The van der Waals surface area contributed by atoms with Gasteiger partial charge in [0, 0.05) is 43.2 Å². The van der Waals surface area contributed by atoms with Gasteiger partial charge in [-0.2, -0.15) is 0 Å². The molecule has 1 aliphatic rings. The number of hydrogen-bond donors (Lipinski definition) is 1. The lowest BCUT2D eigenvalue weighted by Gasteiger charge is -2.35. The SMILES string of the molecule is COc1cc(N2CCC(F)(F)CC2)c(-c2ccccc2)cc1N. The molecule has 1 aliphatic heterocycles. The molecule has 0 unspecified atom stereocenters. The Morgan fingerprint density at radius 2 is 1.74 bits per heavy atom. The number of piperidine rings is 1. The van der Waals surface area contributed by atoms with Crippen molar-refractivity contribution in [1.82, 2.24) is 0 Å². The van der Waals surface area contributed by atoms with Gasteiger partial charge in [-0.15, -0.1) is 0 Å². The number of nitrogen functional groups attached to an aromatic ring is 1. The van der Waals surface area contributed by atoms with Crippen LogP contribution < -0.4 is 15.4 Å². The molecule has 5 heteroatoms. The van der Waals surface area contributed by atoms with Crippen molar-refractivity contribution in [3.63, 3.8) is 0 Å². The molecular formula is C18H20F2N2O. The van der Waals surface area contributed by atoms with E-state index in [1.165, 1.54) is 0 Å². The Hall–Kier alpha value is -2.30. The molecule has 0 amide bonds. The molecule has 0 aliphatic carbocycles. The first-order valence-electron chi connectivity index (χ1n) is 7.66. The summed E-state index contributed by atoms with van der Waals surface area (Å²) in [6.07, 6.45) is -0.262. The largest absolute Gasteiger partial charge is 0.495 e. The fourth-order valence-electron chi connectivity index (χ4n) is 2.95. The zero-order valence-corrected chi connectivity index (χ0v) is 13.1. The molecule has 3 nitrogen and oxygen atoms in total. The van der Waals surface area contributed by atoms with Crippen LogP contribution in [0.1, 0.15) is 12.8 Å². The van der Waals surface area contributed by atoms with Gasteiger partial charge in [-0.3, -0.25) is 0 Å². The highest BCUT2D eigenvalue weighted by Crippen LogP contribution is 2.40. The second kappa shape index (κ2) is 6.07. The van der Waals surface area contributed by atoms with Crippen LogP contribution in [0, 0.1) is 0 Å². The molecule has 1 fully saturated rings. The fourth-order valence-corrected chi connectivity index (χ4v) is 2.95. The van der Waals surface area contributed by atoms with Gasteiger partial charge in [0.2, 0.25) is 0 Å². The second-order valence-electron chi connectivity index (χ2n) is 5.82. The molecule has 0 aromatic heterocycles. The van der Waals surface area contributed by atoms with E-state index in [9.17, 15) is 8.78 Å². The number of benzene rings is 2. The van der Waals surface area contributed by atoms with E-state index in [1.807, 2.05) is 47.4 Å². The molecular weight excluding hydrogens is 298 g/mol. The Bertz CT molecular complexity index is 679. The molecule has 3 rings (SSSR count). The van der Waals surface area contributed by atoms with E-state index in [0.717, 1.165) is 16.8 Å². The molecule has 2 aromatic carbocycles. The monoisotopic (exact) mass is 318 g/mol. The third kappa shape index (κ3) is 3.23. The van der Waals surface area contributed by atoms with Crippen LogP contribution in [-0.4, -0.2) is 26.1 Å². The molecule has 1 heterocycles. The van der Waals surface area contributed by atoms with Gasteiger partial charge in [0.1, 0.15) is 5.75 Å². The summed E-state index contributed by atoms with van der Waals surface area (Å²) in [5, 5.41) is 0. The minimum absolute atomic E-state index is 0.131. The van der Waals surface area contributed by atoms with Crippen LogP contribution in [0.4, 0.5) is 20.2 Å². The van der Waals surface area contributed by atoms with Crippen LogP contribution in [0.2, 0.25) is 0 Å². The number of anilines is 2. The third-order valence-electron chi connectivity index (χ3n) is 4.27. The Labute approximate surface area is 134 Å². The molecule has 1 saturated heterocycles. The smallest absolute Gasteiger partial charge is 0.251 e. The number of ether oxygens (including phenoxy) is 1. The lowest BCUT2D eigenvalue weighted by Crippen LogP contribution is -2.39. The predicted octanol–water partition coefficient (Wildman–Crippen LogP) is 4.18. The van der Waals surface area contributed by atoms with Gasteiger partial charge in [0.25, 0.3) is 5.92 Å². The number of alkyl halides is 2.